The van der Waals surface area contributed by atoms with E-state index < -0.39 is 0 Å². The first-order chi connectivity index (χ1) is 13.5. The molecule has 7 nitrogen and oxygen atoms in total. The van der Waals surface area contributed by atoms with Gasteiger partial charge < -0.3 is 19.4 Å². The molecule has 1 aliphatic rings. The summed E-state index contributed by atoms with van der Waals surface area (Å²) >= 11 is 0. The fourth-order valence-corrected chi connectivity index (χ4v) is 3.36. The molecule has 1 N–H and O–H groups in total. The summed E-state index contributed by atoms with van der Waals surface area (Å²) in [4.78, 5) is 28.8. The number of amides is 1. The minimum Gasteiger partial charge on any atom is -0.497 e. The summed E-state index contributed by atoms with van der Waals surface area (Å²) in [5.74, 6) is 1.61. The Morgan fingerprint density at radius 1 is 1.32 bits per heavy atom. The highest BCUT2D eigenvalue weighted by Crippen LogP contribution is 2.30. The van der Waals surface area contributed by atoms with Crippen LogP contribution in [-0.2, 0) is 13.5 Å². The van der Waals surface area contributed by atoms with Crippen molar-refractivity contribution < 1.29 is 14.3 Å². The normalized spacial score (nSPS) is 15.6. The van der Waals surface area contributed by atoms with E-state index in [0.29, 0.717) is 29.6 Å². The number of aromatic nitrogens is 2. The molecule has 0 radical (unpaired) electrons. The summed E-state index contributed by atoms with van der Waals surface area (Å²) < 4.78 is 12.5. The molecule has 1 atom stereocenters. The third-order valence-corrected chi connectivity index (χ3v) is 4.99. The highest BCUT2D eigenvalue weighted by molar-refractivity contribution is 5.97. The highest BCUT2D eigenvalue weighted by atomic mass is 16.5. The van der Waals surface area contributed by atoms with Gasteiger partial charge in [-0.3, -0.25) is 9.59 Å². The monoisotopic (exact) mass is 379 g/mol. The number of nitrogens with one attached hydrogen (secondary N) is 1. The predicted octanol–water partition coefficient (Wildman–Crippen LogP) is 1.92. The van der Waals surface area contributed by atoms with Gasteiger partial charge in [-0.1, -0.05) is 6.07 Å². The summed E-state index contributed by atoms with van der Waals surface area (Å²) in [7, 11) is 3.28. The van der Waals surface area contributed by atoms with Gasteiger partial charge in [0.1, 0.15) is 11.5 Å². The Labute approximate surface area is 161 Å². The van der Waals surface area contributed by atoms with E-state index in [9.17, 15) is 9.59 Å². The SMILES string of the molecule is COc1ccc2c(c1)OC[C@H](CNC(=O)c1ccc3c(=O)n(C)cnc3c1)C2. The zero-order valence-electron chi connectivity index (χ0n) is 15.8. The first kappa shape index (κ1) is 18.0. The van der Waals surface area contributed by atoms with Crippen molar-refractivity contribution in [2.75, 3.05) is 20.3 Å². The summed E-state index contributed by atoms with van der Waals surface area (Å²) in [5, 5.41) is 3.45. The van der Waals surface area contributed by atoms with E-state index in [1.54, 1.807) is 32.4 Å². The van der Waals surface area contributed by atoms with E-state index >= 15 is 0 Å². The molecule has 0 aliphatic carbocycles. The van der Waals surface area contributed by atoms with Crippen molar-refractivity contribution in [2.24, 2.45) is 13.0 Å². The molecular formula is C21H21N3O4. The molecule has 2 aromatic carbocycles. The summed E-state index contributed by atoms with van der Waals surface area (Å²) in [5.41, 5.74) is 1.97. The number of carbonyl (C=O) groups is 1. The van der Waals surface area contributed by atoms with Gasteiger partial charge in [0.2, 0.25) is 0 Å². The van der Waals surface area contributed by atoms with Crippen LogP contribution in [0.25, 0.3) is 10.9 Å². The second-order valence-electron chi connectivity index (χ2n) is 6.96. The fraction of sp³-hybridized carbons (Fsp3) is 0.286. The Hall–Kier alpha value is -3.35. The van der Waals surface area contributed by atoms with Crippen LogP contribution in [0.15, 0.2) is 47.5 Å². The van der Waals surface area contributed by atoms with Crippen molar-refractivity contribution in [3.8, 4) is 11.5 Å². The second-order valence-corrected chi connectivity index (χ2v) is 6.96. The number of ether oxygens (including phenoxy) is 2. The zero-order valence-corrected chi connectivity index (χ0v) is 15.8. The molecule has 0 fully saturated rings. The lowest BCUT2D eigenvalue weighted by Crippen LogP contribution is -2.34. The van der Waals surface area contributed by atoms with Crippen LogP contribution in [0.3, 0.4) is 0 Å². The van der Waals surface area contributed by atoms with Crippen LogP contribution < -0.4 is 20.3 Å². The Morgan fingerprint density at radius 2 is 2.18 bits per heavy atom. The minimum absolute atomic E-state index is 0.133. The van der Waals surface area contributed by atoms with Crippen LogP contribution in [0.5, 0.6) is 11.5 Å². The van der Waals surface area contributed by atoms with E-state index in [0.717, 1.165) is 23.5 Å². The van der Waals surface area contributed by atoms with Gasteiger partial charge in [-0.2, -0.15) is 0 Å². The predicted molar refractivity (Wildman–Crippen MR) is 105 cm³/mol. The van der Waals surface area contributed by atoms with Crippen LogP contribution in [0, 0.1) is 5.92 Å². The highest BCUT2D eigenvalue weighted by Gasteiger charge is 2.21. The molecule has 1 aromatic heterocycles. The van der Waals surface area contributed by atoms with Crippen LogP contribution in [0.2, 0.25) is 0 Å². The van der Waals surface area contributed by atoms with Crippen molar-refractivity contribution in [2.45, 2.75) is 6.42 Å². The smallest absolute Gasteiger partial charge is 0.260 e. The summed E-state index contributed by atoms with van der Waals surface area (Å²) in [6.07, 6.45) is 2.28. The van der Waals surface area contributed by atoms with Crippen LogP contribution in [-0.4, -0.2) is 35.7 Å². The van der Waals surface area contributed by atoms with Crippen LogP contribution in [0.4, 0.5) is 0 Å². The Balaban J connectivity index is 1.42. The van der Waals surface area contributed by atoms with Crippen molar-refractivity contribution in [1.82, 2.24) is 14.9 Å². The lowest BCUT2D eigenvalue weighted by molar-refractivity contribution is 0.0939. The summed E-state index contributed by atoms with van der Waals surface area (Å²) in [6, 6.07) is 10.7. The maximum absolute atomic E-state index is 12.5. The Kier molecular flexibility index (Phi) is 4.73. The molecule has 0 saturated carbocycles. The largest absolute Gasteiger partial charge is 0.497 e. The minimum atomic E-state index is -0.190. The first-order valence-electron chi connectivity index (χ1n) is 9.08. The van der Waals surface area contributed by atoms with E-state index in [4.69, 9.17) is 9.47 Å². The Morgan fingerprint density at radius 3 is 3.00 bits per heavy atom. The average molecular weight is 379 g/mol. The molecule has 1 aliphatic heterocycles. The molecule has 0 spiro atoms. The van der Waals surface area contributed by atoms with Gasteiger partial charge >= 0.3 is 0 Å². The molecule has 7 heteroatoms. The molecule has 1 amide bonds. The number of nitrogens with zero attached hydrogens (tertiary/aromatic N) is 2. The van der Waals surface area contributed by atoms with E-state index in [2.05, 4.69) is 10.3 Å². The van der Waals surface area contributed by atoms with E-state index in [1.807, 2.05) is 18.2 Å². The van der Waals surface area contributed by atoms with Gasteiger partial charge in [-0.25, -0.2) is 4.98 Å². The maximum Gasteiger partial charge on any atom is 0.260 e. The second kappa shape index (κ2) is 7.34. The van der Waals surface area contributed by atoms with Gasteiger partial charge in [0.05, 0.1) is 30.9 Å². The molecule has 0 bridgehead atoms. The lowest BCUT2D eigenvalue weighted by atomic mass is 9.96. The average Bonchev–Trinajstić information content (AvgIpc) is 2.73. The van der Waals surface area contributed by atoms with E-state index in [1.165, 1.54) is 10.9 Å². The molecule has 28 heavy (non-hydrogen) atoms. The number of aryl methyl sites for hydroxylation is 1. The lowest BCUT2D eigenvalue weighted by Gasteiger charge is -2.25. The third kappa shape index (κ3) is 3.43. The quantitative estimate of drug-likeness (QED) is 0.749. The molecular weight excluding hydrogens is 358 g/mol. The van der Waals surface area contributed by atoms with Crippen molar-refractivity contribution in [3.63, 3.8) is 0 Å². The third-order valence-electron chi connectivity index (χ3n) is 4.99. The van der Waals surface area contributed by atoms with Gasteiger partial charge in [-0.15, -0.1) is 0 Å². The first-order valence-corrected chi connectivity index (χ1v) is 9.08. The molecule has 4 rings (SSSR count). The zero-order chi connectivity index (χ0) is 19.7. The van der Waals surface area contributed by atoms with E-state index in [-0.39, 0.29) is 17.4 Å². The number of carbonyl (C=O) groups excluding carboxylic acids is 1. The molecule has 3 aromatic rings. The number of fused-ring (bicyclic) bond motifs is 2. The summed E-state index contributed by atoms with van der Waals surface area (Å²) in [6.45, 7) is 1.04. The topological polar surface area (TPSA) is 82.5 Å². The van der Waals surface area contributed by atoms with Gasteiger partial charge in [0.25, 0.3) is 11.5 Å². The van der Waals surface area contributed by atoms with Gasteiger partial charge in [-0.05, 0) is 36.2 Å². The number of rotatable bonds is 4. The number of hydrogen-bond donors (Lipinski definition) is 1. The number of methoxy groups -OCH3 is 1. The molecule has 2 heterocycles. The number of benzene rings is 2. The maximum atomic E-state index is 12.5. The molecule has 0 saturated heterocycles. The fourth-order valence-electron chi connectivity index (χ4n) is 3.36. The standard InChI is InChI=1S/C21H21N3O4/c1-24-12-23-18-8-15(4-6-17(18)21(24)26)20(25)22-10-13-7-14-3-5-16(27-2)9-19(14)28-11-13/h3-6,8-9,12-13H,7,10-11H2,1-2H3,(H,22,25)/t13-/m0/s1. The number of hydrogen-bond acceptors (Lipinski definition) is 5. The van der Waals surface area contributed by atoms with Crippen molar-refractivity contribution >= 4 is 16.8 Å². The van der Waals surface area contributed by atoms with Gasteiger partial charge in [0.15, 0.2) is 0 Å². The van der Waals surface area contributed by atoms with Crippen LogP contribution in [0.1, 0.15) is 15.9 Å². The van der Waals surface area contributed by atoms with Crippen LogP contribution >= 0.6 is 0 Å². The van der Waals surface area contributed by atoms with Crippen molar-refractivity contribution in [1.29, 1.82) is 0 Å². The van der Waals surface area contributed by atoms with Crippen molar-refractivity contribution in [3.05, 3.63) is 64.2 Å². The Bertz CT molecular complexity index is 1110. The molecule has 0 unspecified atom stereocenters. The van der Waals surface area contributed by atoms with Gasteiger partial charge in [0, 0.05) is 31.1 Å². The molecule has 144 valence electrons.